The minimum absolute atomic E-state index is 0.0781. The van der Waals surface area contributed by atoms with Crippen molar-refractivity contribution in [3.05, 3.63) is 17.5 Å². The molecule has 0 saturated heterocycles. The van der Waals surface area contributed by atoms with Crippen LogP contribution in [0.4, 0.5) is 0 Å². The van der Waals surface area contributed by atoms with Gasteiger partial charge in [-0.25, -0.2) is 4.79 Å². The zero-order chi connectivity index (χ0) is 12.4. The van der Waals surface area contributed by atoms with Crippen LogP contribution in [0.3, 0.4) is 0 Å². The Bertz CT molecular complexity index is 414. The average Bonchev–Trinajstić information content (AvgIpc) is 2.52. The number of hydrogen-bond donors (Lipinski definition) is 2. The van der Waals surface area contributed by atoms with E-state index in [1.165, 1.54) is 6.20 Å². The Kier molecular flexibility index (Phi) is 3.47. The van der Waals surface area contributed by atoms with E-state index in [-0.39, 0.29) is 11.6 Å². The van der Waals surface area contributed by atoms with E-state index in [1.807, 2.05) is 0 Å². The van der Waals surface area contributed by atoms with Crippen molar-refractivity contribution >= 4 is 5.97 Å². The first-order chi connectivity index (χ1) is 8.11. The van der Waals surface area contributed by atoms with Crippen LogP contribution in [0, 0.1) is 6.92 Å². The van der Waals surface area contributed by atoms with Crippen LogP contribution in [-0.2, 0) is 0 Å². The first kappa shape index (κ1) is 12.1. The molecule has 0 aromatic carbocycles. The van der Waals surface area contributed by atoms with Gasteiger partial charge in [-0.2, -0.15) is 5.10 Å². The molecule has 2 N–H and O–H groups in total. The molecule has 2 unspecified atom stereocenters. The van der Waals surface area contributed by atoms with Gasteiger partial charge in [0, 0.05) is 0 Å². The predicted octanol–water partition coefficient (Wildman–Crippen LogP) is 1.76. The number of carbonyl (C=O) groups is 1. The van der Waals surface area contributed by atoms with Crippen LogP contribution in [0.1, 0.15) is 54.2 Å². The molecule has 94 valence electrons. The summed E-state index contributed by atoms with van der Waals surface area (Å²) < 4.78 is 1.68. The number of nitrogens with zero attached hydrogens (tertiary/aromatic N) is 2. The second kappa shape index (κ2) is 4.87. The molecule has 5 nitrogen and oxygen atoms in total. The molecule has 0 amide bonds. The minimum atomic E-state index is -0.961. The fraction of sp³-hybridized carbons (Fsp3) is 0.667. The van der Waals surface area contributed by atoms with E-state index >= 15 is 0 Å². The molecule has 0 spiro atoms. The molecule has 1 aromatic rings. The van der Waals surface area contributed by atoms with Crippen LogP contribution in [0.15, 0.2) is 6.20 Å². The van der Waals surface area contributed by atoms with Crippen molar-refractivity contribution in [2.24, 2.45) is 0 Å². The van der Waals surface area contributed by atoms with Crippen molar-refractivity contribution in [1.29, 1.82) is 0 Å². The smallest absolute Gasteiger partial charge is 0.339 e. The molecule has 1 aliphatic carbocycles. The lowest BCUT2D eigenvalue weighted by molar-refractivity contribution is 0.0693. The van der Waals surface area contributed by atoms with Gasteiger partial charge in [-0.15, -0.1) is 0 Å². The zero-order valence-electron chi connectivity index (χ0n) is 9.96. The number of carboxylic acid groups (broad SMARTS) is 1. The van der Waals surface area contributed by atoms with Crippen molar-refractivity contribution < 1.29 is 15.0 Å². The second-order valence-corrected chi connectivity index (χ2v) is 4.67. The molecule has 1 saturated carbocycles. The molecular formula is C12H18N2O3. The van der Waals surface area contributed by atoms with Gasteiger partial charge in [0.2, 0.25) is 0 Å². The minimum Gasteiger partial charge on any atom is -0.478 e. The topological polar surface area (TPSA) is 75.3 Å². The maximum Gasteiger partial charge on any atom is 0.339 e. The summed E-state index contributed by atoms with van der Waals surface area (Å²) in [6.07, 6.45) is 5.80. The van der Waals surface area contributed by atoms with E-state index in [0.29, 0.717) is 5.69 Å². The summed E-state index contributed by atoms with van der Waals surface area (Å²) in [6, 6.07) is -0.0781. The normalized spacial score (nSPS) is 25.5. The van der Waals surface area contributed by atoms with E-state index in [0.717, 1.165) is 32.1 Å². The van der Waals surface area contributed by atoms with Gasteiger partial charge >= 0.3 is 5.97 Å². The molecule has 17 heavy (non-hydrogen) atoms. The molecule has 1 fully saturated rings. The van der Waals surface area contributed by atoms with E-state index in [9.17, 15) is 9.90 Å². The quantitative estimate of drug-likeness (QED) is 0.770. The van der Waals surface area contributed by atoms with Gasteiger partial charge < -0.3 is 10.2 Å². The Morgan fingerprint density at radius 1 is 1.41 bits per heavy atom. The SMILES string of the molecule is Cc1c(C(=O)O)cnn1C1CCCCCC1O. The summed E-state index contributed by atoms with van der Waals surface area (Å²) in [5.74, 6) is -0.961. The second-order valence-electron chi connectivity index (χ2n) is 4.67. The van der Waals surface area contributed by atoms with Gasteiger partial charge in [-0.3, -0.25) is 4.68 Å². The maximum absolute atomic E-state index is 11.0. The van der Waals surface area contributed by atoms with Crippen molar-refractivity contribution in [1.82, 2.24) is 9.78 Å². The van der Waals surface area contributed by atoms with Crippen molar-refractivity contribution in [3.8, 4) is 0 Å². The molecule has 2 atom stereocenters. The van der Waals surface area contributed by atoms with Crippen LogP contribution in [0.2, 0.25) is 0 Å². The first-order valence-electron chi connectivity index (χ1n) is 6.06. The fourth-order valence-corrected chi connectivity index (χ4v) is 2.52. The number of carboxylic acids is 1. The molecule has 0 bridgehead atoms. The summed E-state index contributed by atoms with van der Waals surface area (Å²) in [6.45, 7) is 1.74. The molecule has 5 heteroatoms. The molecule has 1 heterocycles. The molecular weight excluding hydrogens is 220 g/mol. The summed E-state index contributed by atoms with van der Waals surface area (Å²) in [4.78, 5) is 11.0. The van der Waals surface area contributed by atoms with E-state index in [4.69, 9.17) is 5.11 Å². The Balaban J connectivity index is 2.29. The van der Waals surface area contributed by atoms with Crippen LogP contribution >= 0.6 is 0 Å². The third-order valence-corrected chi connectivity index (χ3v) is 3.53. The lowest BCUT2D eigenvalue weighted by atomic mass is 10.1. The highest BCUT2D eigenvalue weighted by Crippen LogP contribution is 2.28. The standard InChI is InChI=1S/C12H18N2O3/c1-8-9(12(16)17)7-13-14(8)10-5-3-2-4-6-11(10)15/h7,10-11,15H,2-6H2,1H3,(H,16,17). The lowest BCUT2D eigenvalue weighted by Crippen LogP contribution is -2.25. The van der Waals surface area contributed by atoms with Gasteiger partial charge in [0.1, 0.15) is 5.56 Å². The molecule has 1 aromatic heterocycles. The molecule has 0 radical (unpaired) electrons. The van der Waals surface area contributed by atoms with Gasteiger partial charge in [-0.05, 0) is 19.8 Å². The highest BCUT2D eigenvalue weighted by atomic mass is 16.4. The monoisotopic (exact) mass is 238 g/mol. The van der Waals surface area contributed by atoms with Crippen LogP contribution in [-0.4, -0.2) is 32.1 Å². The van der Waals surface area contributed by atoms with Crippen molar-refractivity contribution in [2.45, 2.75) is 51.2 Å². The largest absolute Gasteiger partial charge is 0.478 e. The molecule has 1 aliphatic rings. The first-order valence-corrected chi connectivity index (χ1v) is 6.06. The highest BCUT2D eigenvalue weighted by molar-refractivity contribution is 5.88. The van der Waals surface area contributed by atoms with Crippen LogP contribution < -0.4 is 0 Å². The lowest BCUT2D eigenvalue weighted by Gasteiger charge is -2.22. The fourth-order valence-electron chi connectivity index (χ4n) is 2.52. The van der Waals surface area contributed by atoms with Crippen molar-refractivity contribution in [3.63, 3.8) is 0 Å². The summed E-state index contributed by atoms with van der Waals surface area (Å²) in [7, 11) is 0. The summed E-state index contributed by atoms with van der Waals surface area (Å²) in [5.41, 5.74) is 0.852. The Hall–Kier alpha value is -1.36. The highest BCUT2D eigenvalue weighted by Gasteiger charge is 2.26. The number of hydrogen-bond acceptors (Lipinski definition) is 3. The predicted molar refractivity (Wildman–Crippen MR) is 62.1 cm³/mol. The average molecular weight is 238 g/mol. The molecule has 0 aliphatic heterocycles. The third kappa shape index (κ3) is 2.34. The third-order valence-electron chi connectivity index (χ3n) is 3.53. The number of aliphatic hydroxyl groups is 1. The van der Waals surface area contributed by atoms with Gasteiger partial charge in [0.15, 0.2) is 0 Å². The maximum atomic E-state index is 11.0. The van der Waals surface area contributed by atoms with Crippen LogP contribution in [0.5, 0.6) is 0 Å². The summed E-state index contributed by atoms with van der Waals surface area (Å²) in [5, 5.41) is 23.2. The van der Waals surface area contributed by atoms with Gasteiger partial charge in [-0.1, -0.05) is 19.3 Å². The Morgan fingerprint density at radius 3 is 2.76 bits per heavy atom. The number of aromatic carboxylic acids is 1. The van der Waals surface area contributed by atoms with E-state index in [2.05, 4.69) is 5.10 Å². The number of aromatic nitrogens is 2. The Labute approximate surface area is 100 Å². The Morgan fingerprint density at radius 2 is 2.12 bits per heavy atom. The zero-order valence-corrected chi connectivity index (χ0v) is 9.96. The van der Waals surface area contributed by atoms with Gasteiger partial charge in [0.05, 0.1) is 24.0 Å². The van der Waals surface area contributed by atoms with E-state index in [1.54, 1.807) is 11.6 Å². The summed E-state index contributed by atoms with van der Waals surface area (Å²) >= 11 is 0. The van der Waals surface area contributed by atoms with Gasteiger partial charge in [0.25, 0.3) is 0 Å². The van der Waals surface area contributed by atoms with E-state index < -0.39 is 12.1 Å². The number of rotatable bonds is 2. The number of aliphatic hydroxyl groups excluding tert-OH is 1. The van der Waals surface area contributed by atoms with Crippen molar-refractivity contribution in [2.75, 3.05) is 0 Å². The molecule has 2 rings (SSSR count). The van der Waals surface area contributed by atoms with Crippen LogP contribution in [0.25, 0.3) is 0 Å².